The number of hydrogen-bond acceptors (Lipinski definition) is 7. The van der Waals surface area contributed by atoms with Gasteiger partial charge in [-0.15, -0.1) is 0 Å². The Balaban J connectivity index is 2.04. The van der Waals surface area contributed by atoms with Crippen LogP contribution in [0.5, 0.6) is 11.5 Å². The molecular formula is C20H18N4O6. The van der Waals surface area contributed by atoms with E-state index in [4.69, 9.17) is 9.47 Å². The van der Waals surface area contributed by atoms with Gasteiger partial charge in [0.1, 0.15) is 17.2 Å². The van der Waals surface area contributed by atoms with Crippen LogP contribution in [0.2, 0.25) is 0 Å². The molecule has 1 amide bonds. The van der Waals surface area contributed by atoms with Crippen molar-refractivity contribution in [3.63, 3.8) is 0 Å². The zero-order chi connectivity index (χ0) is 21.8. The number of benzene rings is 2. The fraction of sp³-hybridized carbons (Fsp3) is 0.150. The molecule has 0 unspecified atom stereocenters. The third-order valence-corrected chi connectivity index (χ3v) is 4.24. The Hall–Kier alpha value is -4.21. The van der Waals surface area contributed by atoms with Crippen molar-refractivity contribution in [2.75, 3.05) is 19.5 Å². The molecule has 0 aliphatic carbocycles. The zero-order valence-electron chi connectivity index (χ0n) is 16.4. The van der Waals surface area contributed by atoms with Gasteiger partial charge >= 0.3 is 0 Å². The van der Waals surface area contributed by atoms with Crippen LogP contribution in [0.3, 0.4) is 0 Å². The first-order chi connectivity index (χ1) is 14.3. The Kier molecular flexibility index (Phi) is 5.77. The predicted molar refractivity (Wildman–Crippen MR) is 109 cm³/mol. The molecule has 0 atom stereocenters. The monoisotopic (exact) mass is 410 g/mol. The number of anilines is 1. The number of rotatable bonds is 6. The SMILES string of the molecule is COc1cc(NC(=O)c2nn(-c3ccccc3[N+](=O)[O-])c(C)cc2=O)cc(OC)c1. The minimum atomic E-state index is -0.775. The highest BCUT2D eigenvalue weighted by atomic mass is 16.6. The quantitative estimate of drug-likeness (QED) is 0.489. The summed E-state index contributed by atoms with van der Waals surface area (Å²) in [5.41, 5.74) is -0.433. The number of aromatic nitrogens is 2. The van der Waals surface area contributed by atoms with E-state index in [-0.39, 0.29) is 11.4 Å². The molecule has 0 aliphatic rings. The molecule has 10 heteroatoms. The number of carbonyl (C=O) groups is 1. The van der Waals surface area contributed by atoms with Crippen molar-refractivity contribution in [1.29, 1.82) is 0 Å². The molecule has 0 spiro atoms. The molecule has 3 rings (SSSR count). The van der Waals surface area contributed by atoms with Crippen LogP contribution >= 0.6 is 0 Å². The summed E-state index contributed by atoms with van der Waals surface area (Å²) in [4.78, 5) is 35.9. The number of amides is 1. The Morgan fingerprint density at radius 2 is 1.73 bits per heavy atom. The third-order valence-electron chi connectivity index (χ3n) is 4.24. The first kappa shape index (κ1) is 20.5. The van der Waals surface area contributed by atoms with E-state index in [0.29, 0.717) is 22.9 Å². The molecule has 1 N–H and O–H groups in total. The van der Waals surface area contributed by atoms with Gasteiger partial charge in [-0.05, 0) is 13.0 Å². The van der Waals surface area contributed by atoms with Crippen molar-refractivity contribution in [3.8, 4) is 17.2 Å². The maximum Gasteiger partial charge on any atom is 0.294 e. The Morgan fingerprint density at radius 3 is 2.33 bits per heavy atom. The second kappa shape index (κ2) is 8.43. The molecule has 0 saturated heterocycles. The number of ether oxygens (including phenoxy) is 2. The Bertz CT molecular complexity index is 1170. The summed E-state index contributed by atoms with van der Waals surface area (Å²) >= 11 is 0. The summed E-state index contributed by atoms with van der Waals surface area (Å²) in [6.45, 7) is 1.57. The van der Waals surface area contributed by atoms with Crippen LogP contribution in [0.1, 0.15) is 16.2 Å². The fourth-order valence-electron chi connectivity index (χ4n) is 2.82. The van der Waals surface area contributed by atoms with Gasteiger partial charge in [-0.2, -0.15) is 5.10 Å². The fourth-order valence-corrected chi connectivity index (χ4v) is 2.82. The lowest BCUT2D eigenvalue weighted by Gasteiger charge is -2.12. The van der Waals surface area contributed by atoms with E-state index in [1.807, 2.05) is 0 Å². The van der Waals surface area contributed by atoms with Crippen molar-refractivity contribution in [2.45, 2.75) is 6.92 Å². The highest BCUT2D eigenvalue weighted by Crippen LogP contribution is 2.26. The van der Waals surface area contributed by atoms with E-state index in [1.165, 1.54) is 43.2 Å². The van der Waals surface area contributed by atoms with Gasteiger partial charge in [0.25, 0.3) is 11.6 Å². The van der Waals surface area contributed by atoms with E-state index >= 15 is 0 Å². The van der Waals surface area contributed by atoms with Crippen LogP contribution < -0.4 is 20.2 Å². The Morgan fingerprint density at radius 1 is 1.10 bits per heavy atom. The minimum Gasteiger partial charge on any atom is -0.497 e. The number of nitro groups is 1. The van der Waals surface area contributed by atoms with Gasteiger partial charge in [0, 0.05) is 41.7 Å². The number of nitro benzene ring substituents is 1. The lowest BCUT2D eigenvalue weighted by Crippen LogP contribution is -2.27. The smallest absolute Gasteiger partial charge is 0.294 e. The lowest BCUT2D eigenvalue weighted by molar-refractivity contribution is -0.384. The van der Waals surface area contributed by atoms with Crippen LogP contribution in [-0.4, -0.2) is 34.8 Å². The average Bonchev–Trinajstić information content (AvgIpc) is 2.73. The molecule has 0 fully saturated rings. The van der Waals surface area contributed by atoms with Gasteiger partial charge in [-0.25, -0.2) is 4.68 Å². The molecule has 0 aliphatic heterocycles. The van der Waals surface area contributed by atoms with Gasteiger partial charge in [-0.3, -0.25) is 19.7 Å². The maximum absolute atomic E-state index is 12.7. The van der Waals surface area contributed by atoms with E-state index in [2.05, 4.69) is 10.4 Å². The number of nitrogens with one attached hydrogen (secondary N) is 1. The molecule has 3 aromatic rings. The highest BCUT2D eigenvalue weighted by Gasteiger charge is 2.20. The Labute approximate surface area is 170 Å². The first-order valence-electron chi connectivity index (χ1n) is 8.73. The second-order valence-corrected chi connectivity index (χ2v) is 6.21. The molecule has 1 aromatic heterocycles. The second-order valence-electron chi connectivity index (χ2n) is 6.21. The molecule has 10 nitrogen and oxygen atoms in total. The van der Waals surface area contributed by atoms with Crippen LogP contribution in [0, 0.1) is 17.0 Å². The summed E-state index contributed by atoms with van der Waals surface area (Å²) in [6.07, 6.45) is 0. The third kappa shape index (κ3) is 4.12. The van der Waals surface area contributed by atoms with Gasteiger partial charge in [-0.1, -0.05) is 12.1 Å². The van der Waals surface area contributed by atoms with Crippen LogP contribution in [0.15, 0.2) is 53.3 Å². The zero-order valence-corrected chi connectivity index (χ0v) is 16.4. The summed E-state index contributed by atoms with van der Waals surface area (Å²) in [7, 11) is 2.93. The van der Waals surface area contributed by atoms with E-state index in [9.17, 15) is 19.7 Å². The van der Waals surface area contributed by atoms with Crippen LogP contribution in [-0.2, 0) is 0 Å². The maximum atomic E-state index is 12.7. The molecule has 154 valence electrons. The molecule has 30 heavy (non-hydrogen) atoms. The summed E-state index contributed by atoms with van der Waals surface area (Å²) < 4.78 is 11.5. The predicted octanol–water partition coefficient (Wildman–Crippen LogP) is 2.72. The van der Waals surface area contributed by atoms with E-state index < -0.39 is 22.0 Å². The van der Waals surface area contributed by atoms with E-state index in [0.717, 1.165) is 0 Å². The van der Waals surface area contributed by atoms with Crippen molar-refractivity contribution in [3.05, 3.63) is 80.3 Å². The number of aryl methyl sites for hydroxylation is 1. The largest absolute Gasteiger partial charge is 0.497 e. The van der Waals surface area contributed by atoms with Crippen LogP contribution in [0.4, 0.5) is 11.4 Å². The number of para-hydroxylation sites is 2. The molecule has 0 bridgehead atoms. The van der Waals surface area contributed by atoms with Crippen molar-refractivity contribution < 1.29 is 19.2 Å². The number of nitrogens with zero attached hydrogens (tertiary/aromatic N) is 3. The van der Waals surface area contributed by atoms with Crippen molar-refractivity contribution >= 4 is 17.3 Å². The van der Waals surface area contributed by atoms with Gasteiger partial charge < -0.3 is 14.8 Å². The average molecular weight is 410 g/mol. The van der Waals surface area contributed by atoms with E-state index in [1.54, 1.807) is 31.2 Å². The molecular weight excluding hydrogens is 392 g/mol. The minimum absolute atomic E-state index is 0.136. The van der Waals surface area contributed by atoms with Crippen molar-refractivity contribution in [1.82, 2.24) is 9.78 Å². The number of hydrogen-bond donors (Lipinski definition) is 1. The topological polar surface area (TPSA) is 126 Å². The molecule has 0 radical (unpaired) electrons. The molecule has 0 saturated carbocycles. The van der Waals surface area contributed by atoms with Gasteiger partial charge in [0.2, 0.25) is 5.43 Å². The highest BCUT2D eigenvalue weighted by molar-refractivity contribution is 6.02. The normalized spacial score (nSPS) is 10.4. The molecule has 1 heterocycles. The summed E-state index contributed by atoms with van der Waals surface area (Å²) in [5.74, 6) is 0.111. The lowest BCUT2D eigenvalue weighted by atomic mass is 10.2. The first-order valence-corrected chi connectivity index (χ1v) is 8.73. The molecule has 2 aromatic carbocycles. The van der Waals surface area contributed by atoms with Crippen LogP contribution in [0.25, 0.3) is 5.69 Å². The summed E-state index contributed by atoms with van der Waals surface area (Å²) in [5, 5.41) is 18.0. The van der Waals surface area contributed by atoms with Gasteiger partial charge in [0.05, 0.1) is 19.1 Å². The number of carbonyl (C=O) groups excluding carboxylic acids is 1. The number of methoxy groups -OCH3 is 2. The van der Waals surface area contributed by atoms with Crippen molar-refractivity contribution in [2.24, 2.45) is 0 Å². The van der Waals surface area contributed by atoms with Gasteiger partial charge in [0.15, 0.2) is 5.69 Å². The standard InChI is InChI=1S/C20H18N4O6/c1-12-8-18(25)19(22-23(12)16-6-4-5-7-17(16)24(27)28)20(26)21-13-9-14(29-2)11-15(10-13)30-3/h4-11H,1-3H3,(H,21,26). The summed E-state index contributed by atoms with van der Waals surface area (Å²) in [6, 6.07) is 11.8.